The number of nitrogens with zero attached hydrogens (tertiary/aromatic N) is 5. The number of thiazole rings is 1. The van der Waals surface area contributed by atoms with Crippen molar-refractivity contribution in [2.75, 3.05) is 49.7 Å². The summed E-state index contributed by atoms with van der Waals surface area (Å²) in [6, 6.07) is 7.63. The van der Waals surface area contributed by atoms with E-state index in [2.05, 4.69) is 25.6 Å². The van der Waals surface area contributed by atoms with Crippen molar-refractivity contribution < 1.29 is 14.6 Å². The first-order valence-electron chi connectivity index (χ1n) is 13.7. The van der Waals surface area contributed by atoms with Gasteiger partial charge in [-0.15, -0.1) is 0 Å². The molecule has 2 aliphatic heterocycles. The molecule has 0 amide bonds. The third kappa shape index (κ3) is 4.53. The molecule has 1 spiro atoms. The highest BCUT2D eigenvalue weighted by molar-refractivity contribution is 7.12. The van der Waals surface area contributed by atoms with Gasteiger partial charge in [0.05, 0.1) is 28.3 Å². The van der Waals surface area contributed by atoms with Gasteiger partial charge in [-0.3, -0.25) is 9.55 Å². The molecule has 1 saturated carbocycles. The van der Waals surface area contributed by atoms with Crippen molar-refractivity contribution in [1.82, 2.24) is 24.4 Å². The van der Waals surface area contributed by atoms with Crippen LogP contribution >= 0.6 is 11.3 Å². The number of aryl methyl sites for hydroxylation is 1. The fourth-order valence-electron chi connectivity index (χ4n) is 5.84. The van der Waals surface area contributed by atoms with Gasteiger partial charge in [0, 0.05) is 64.1 Å². The number of pyridine rings is 1. The van der Waals surface area contributed by atoms with E-state index in [-0.39, 0.29) is 28.2 Å². The molecule has 4 aromatic rings. The molecule has 12 nitrogen and oxygen atoms in total. The Morgan fingerprint density at radius 1 is 1.23 bits per heavy atom. The Bertz CT molecular complexity index is 1590. The first-order valence-corrected chi connectivity index (χ1v) is 14.5. The van der Waals surface area contributed by atoms with Gasteiger partial charge in [-0.2, -0.15) is 4.98 Å². The average molecular weight is 565 g/mol. The van der Waals surface area contributed by atoms with E-state index >= 15 is 0 Å². The molecule has 1 aromatic carbocycles. The van der Waals surface area contributed by atoms with E-state index in [1.165, 1.54) is 11.3 Å². The highest BCUT2D eigenvalue weighted by Crippen LogP contribution is 2.55. The van der Waals surface area contributed by atoms with Crippen LogP contribution in [-0.2, 0) is 11.8 Å². The van der Waals surface area contributed by atoms with Crippen molar-refractivity contribution in [3.63, 3.8) is 0 Å². The Labute approximate surface area is 234 Å². The van der Waals surface area contributed by atoms with Gasteiger partial charge in [0.25, 0.3) is 5.82 Å². The van der Waals surface area contributed by atoms with Crippen LogP contribution in [0.3, 0.4) is 0 Å². The SMILES string of the molecule is Cn1c(=O)n(-c2nc([NH+]([O-])Nc3cnccc3N3CCNCC3)cs2)c2ccc(O[C@H]3CC34CCOCC4)cc21. The first kappa shape index (κ1) is 25.5. The maximum Gasteiger partial charge on any atom is 0.335 e. The number of rotatable bonds is 7. The van der Waals surface area contributed by atoms with Gasteiger partial charge in [-0.25, -0.2) is 20.0 Å². The highest BCUT2D eigenvalue weighted by Gasteiger charge is 2.56. The van der Waals surface area contributed by atoms with Crippen molar-refractivity contribution in [1.29, 1.82) is 0 Å². The molecule has 7 rings (SSSR count). The van der Waals surface area contributed by atoms with Crippen LogP contribution in [-0.4, -0.2) is 64.6 Å². The maximum absolute atomic E-state index is 13.3. The zero-order valence-electron chi connectivity index (χ0n) is 22.3. The summed E-state index contributed by atoms with van der Waals surface area (Å²) in [5.74, 6) is 0.999. The van der Waals surface area contributed by atoms with Crippen LogP contribution in [0.2, 0.25) is 0 Å². The fourth-order valence-corrected chi connectivity index (χ4v) is 6.65. The second-order valence-electron chi connectivity index (χ2n) is 10.7. The Morgan fingerprint density at radius 2 is 2.05 bits per heavy atom. The minimum Gasteiger partial charge on any atom is -0.602 e. The summed E-state index contributed by atoms with van der Waals surface area (Å²) < 4.78 is 15.0. The molecular formula is C27H32N8O4S. The predicted octanol–water partition coefficient (Wildman–Crippen LogP) is 1.58. The second-order valence-corrected chi connectivity index (χ2v) is 11.5. The number of piperazine rings is 1. The molecule has 2 saturated heterocycles. The molecule has 1 aliphatic carbocycles. The largest absolute Gasteiger partial charge is 0.602 e. The quantitative estimate of drug-likeness (QED) is 0.287. The number of anilines is 2. The minimum absolute atomic E-state index is 0.194. The van der Waals surface area contributed by atoms with E-state index in [1.54, 1.807) is 34.0 Å². The summed E-state index contributed by atoms with van der Waals surface area (Å²) in [6.07, 6.45) is 6.70. The molecule has 5 heterocycles. The predicted molar refractivity (Wildman–Crippen MR) is 153 cm³/mol. The number of aromatic nitrogens is 4. The maximum atomic E-state index is 13.3. The van der Waals surface area contributed by atoms with Gasteiger partial charge in [-0.1, -0.05) is 11.3 Å². The van der Waals surface area contributed by atoms with Crippen molar-refractivity contribution in [2.24, 2.45) is 12.5 Å². The van der Waals surface area contributed by atoms with E-state index in [0.717, 1.165) is 75.6 Å². The molecule has 1 unspecified atom stereocenters. The van der Waals surface area contributed by atoms with Crippen molar-refractivity contribution in [3.05, 3.63) is 57.7 Å². The van der Waals surface area contributed by atoms with Gasteiger partial charge in [0.15, 0.2) is 0 Å². The van der Waals surface area contributed by atoms with E-state index in [9.17, 15) is 10.0 Å². The van der Waals surface area contributed by atoms with E-state index in [1.807, 2.05) is 24.3 Å². The van der Waals surface area contributed by atoms with Crippen LogP contribution in [0.1, 0.15) is 19.3 Å². The summed E-state index contributed by atoms with van der Waals surface area (Å²) in [5, 5.41) is 18.3. The van der Waals surface area contributed by atoms with E-state index < -0.39 is 0 Å². The third-order valence-corrected chi connectivity index (χ3v) is 9.15. The number of benzene rings is 1. The molecular weight excluding hydrogens is 532 g/mol. The lowest BCUT2D eigenvalue weighted by molar-refractivity contribution is -0.752. The number of fused-ring (bicyclic) bond motifs is 1. The molecule has 2 atom stereocenters. The molecule has 3 fully saturated rings. The molecule has 210 valence electrons. The number of hydrogen-bond acceptors (Lipinski definition) is 10. The number of nitrogens with one attached hydrogen (secondary N) is 3. The monoisotopic (exact) mass is 564 g/mol. The lowest BCUT2D eigenvalue weighted by atomic mass is 9.97. The molecule has 40 heavy (non-hydrogen) atoms. The van der Waals surface area contributed by atoms with Crippen molar-refractivity contribution in [3.8, 4) is 10.9 Å². The van der Waals surface area contributed by atoms with Gasteiger partial charge in [-0.05, 0) is 37.5 Å². The van der Waals surface area contributed by atoms with Crippen LogP contribution in [0.5, 0.6) is 5.75 Å². The Morgan fingerprint density at radius 3 is 2.88 bits per heavy atom. The molecule has 0 radical (unpaired) electrons. The highest BCUT2D eigenvalue weighted by atomic mass is 32.1. The van der Waals surface area contributed by atoms with Gasteiger partial charge >= 0.3 is 5.69 Å². The summed E-state index contributed by atoms with van der Waals surface area (Å²) >= 11 is 1.26. The Kier molecular flexibility index (Phi) is 6.47. The molecule has 13 heteroatoms. The first-order chi connectivity index (χ1) is 19.5. The van der Waals surface area contributed by atoms with Crippen LogP contribution in [0, 0.1) is 10.6 Å². The van der Waals surface area contributed by atoms with E-state index in [4.69, 9.17) is 9.47 Å². The van der Waals surface area contributed by atoms with Crippen molar-refractivity contribution >= 4 is 39.6 Å². The topological polar surface area (TPSA) is 126 Å². The van der Waals surface area contributed by atoms with Crippen LogP contribution in [0.4, 0.5) is 17.2 Å². The van der Waals surface area contributed by atoms with E-state index in [0.29, 0.717) is 16.3 Å². The summed E-state index contributed by atoms with van der Waals surface area (Å²) in [6.45, 7) is 5.06. The number of quaternary nitrogens is 1. The minimum atomic E-state index is -0.345. The van der Waals surface area contributed by atoms with Crippen LogP contribution in [0.15, 0.2) is 46.8 Å². The summed E-state index contributed by atoms with van der Waals surface area (Å²) in [7, 11) is 1.74. The Hall–Kier alpha value is -3.49. The fraction of sp³-hybridized carbons (Fsp3) is 0.444. The molecule has 3 aliphatic rings. The lowest BCUT2D eigenvalue weighted by Crippen LogP contribution is -3.05. The zero-order valence-corrected chi connectivity index (χ0v) is 23.1. The zero-order chi connectivity index (χ0) is 27.3. The molecule has 3 aromatic heterocycles. The van der Waals surface area contributed by atoms with Gasteiger partial charge in [0.1, 0.15) is 17.5 Å². The van der Waals surface area contributed by atoms with Crippen molar-refractivity contribution in [2.45, 2.75) is 25.4 Å². The van der Waals surface area contributed by atoms with Crippen LogP contribution < -0.4 is 31.2 Å². The normalized spacial score (nSPS) is 21.1. The Balaban J connectivity index is 1.11. The van der Waals surface area contributed by atoms with Gasteiger partial charge in [0.2, 0.25) is 5.13 Å². The average Bonchev–Trinajstić information content (AvgIpc) is 3.29. The van der Waals surface area contributed by atoms with Gasteiger partial charge < -0.3 is 24.9 Å². The lowest BCUT2D eigenvalue weighted by Gasteiger charge is -2.31. The number of imidazole rings is 1. The number of ether oxygens (including phenoxy) is 2. The smallest absolute Gasteiger partial charge is 0.335 e. The number of hydrogen-bond donors (Lipinski definition) is 3. The summed E-state index contributed by atoms with van der Waals surface area (Å²) in [4.78, 5) is 24.3. The molecule has 3 N–H and O–H groups in total. The van der Waals surface area contributed by atoms with Crippen LogP contribution in [0.25, 0.3) is 16.2 Å². The second kappa shape index (κ2) is 10.2. The third-order valence-electron chi connectivity index (χ3n) is 8.33. The standard InChI is InChI=1S/C27H32N8O4S/c1-32-22-14-18(39-23-15-27(23)5-12-38-13-6-27)2-3-21(22)34(26(32)36)25-30-24(17-40-25)35(37)31-19-16-29-7-4-20(19)33-10-8-28-9-11-33/h2-4,7,14,16-17,23,28,31,35H,5-6,8-13,15H2,1H3/t23-/m0/s1. The molecule has 0 bridgehead atoms. The summed E-state index contributed by atoms with van der Waals surface area (Å²) in [5.41, 5.74) is 6.01.